The number of hydrogen-bond donors (Lipinski definition) is 2. The highest BCUT2D eigenvalue weighted by molar-refractivity contribution is 9.10. The van der Waals surface area contributed by atoms with Crippen molar-refractivity contribution in [3.05, 3.63) is 20.8 Å². The van der Waals surface area contributed by atoms with Gasteiger partial charge in [-0.25, -0.2) is 0 Å². The molecular formula is C13H21BrN2OS. The Morgan fingerprint density at radius 1 is 1.50 bits per heavy atom. The van der Waals surface area contributed by atoms with E-state index in [9.17, 15) is 5.11 Å². The average Bonchev–Trinajstić information content (AvgIpc) is 3.00. The molecule has 1 aromatic rings. The van der Waals surface area contributed by atoms with Gasteiger partial charge in [0.2, 0.25) is 0 Å². The fourth-order valence-electron chi connectivity index (χ4n) is 2.86. The maximum Gasteiger partial charge on any atom is 0.0568 e. The van der Waals surface area contributed by atoms with Gasteiger partial charge in [-0.15, -0.1) is 11.3 Å². The second kappa shape index (κ2) is 7.01. The Hall–Kier alpha value is 0.0600. The van der Waals surface area contributed by atoms with Crippen LogP contribution >= 0.6 is 27.3 Å². The first-order chi connectivity index (χ1) is 8.76. The van der Waals surface area contributed by atoms with Crippen molar-refractivity contribution in [3.63, 3.8) is 0 Å². The van der Waals surface area contributed by atoms with Gasteiger partial charge < -0.3 is 10.8 Å². The molecule has 1 heterocycles. The fourth-order valence-corrected chi connectivity index (χ4v) is 4.44. The Morgan fingerprint density at radius 3 is 2.72 bits per heavy atom. The van der Waals surface area contributed by atoms with Crippen LogP contribution in [0.2, 0.25) is 0 Å². The Morgan fingerprint density at radius 2 is 2.22 bits per heavy atom. The lowest BCUT2D eigenvalue weighted by Gasteiger charge is -2.35. The molecule has 3 nitrogen and oxygen atoms in total. The van der Waals surface area contributed by atoms with Gasteiger partial charge in [-0.1, -0.05) is 12.8 Å². The van der Waals surface area contributed by atoms with Gasteiger partial charge in [0.1, 0.15) is 0 Å². The molecule has 0 bridgehead atoms. The number of thiophene rings is 1. The zero-order valence-corrected chi connectivity index (χ0v) is 12.9. The quantitative estimate of drug-likeness (QED) is 0.842. The summed E-state index contributed by atoms with van der Waals surface area (Å²) in [5, 5.41) is 11.4. The Labute approximate surface area is 121 Å². The molecule has 0 aromatic carbocycles. The maximum atomic E-state index is 9.31. The second-order valence-electron chi connectivity index (χ2n) is 4.82. The van der Waals surface area contributed by atoms with Crippen LogP contribution in [-0.2, 0) is 0 Å². The van der Waals surface area contributed by atoms with Crippen LogP contribution < -0.4 is 5.73 Å². The lowest BCUT2D eigenvalue weighted by atomic mass is 10.1. The second-order valence-corrected chi connectivity index (χ2v) is 6.68. The molecule has 5 heteroatoms. The smallest absolute Gasteiger partial charge is 0.0568 e. The highest BCUT2D eigenvalue weighted by Gasteiger charge is 2.29. The van der Waals surface area contributed by atoms with E-state index in [0.29, 0.717) is 12.6 Å². The Balaban J connectivity index is 2.15. The first kappa shape index (κ1) is 14.5. The number of nitrogens with two attached hydrogens (primary N) is 1. The van der Waals surface area contributed by atoms with Gasteiger partial charge in [-0.05, 0) is 34.8 Å². The summed E-state index contributed by atoms with van der Waals surface area (Å²) in [6.07, 6.45) is 5.09. The topological polar surface area (TPSA) is 49.5 Å². The third-order valence-corrected chi connectivity index (χ3v) is 5.49. The molecule has 0 amide bonds. The molecule has 0 aliphatic heterocycles. The molecule has 18 heavy (non-hydrogen) atoms. The molecule has 1 saturated carbocycles. The fraction of sp³-hybridized carbons (Fsp3) is 0.692. The molecule has 0 saturated heterocycles. The molecule has 102 valence electrons. The molecule has 0 radical (unpaired) electrons. The Bertz CT molecular complexity index is 366. The van der Waals surface area contributed by atoms with Gasteiger partial charge >= 0.3 is 0 Å². The molecule has 2 rings (SSSR count). The van der Waals surface area contributed by atoms with Crippen molar-refractivity contribution in [2.24, 2.45) is 5.73 Å². The van der Waals surface area contributed by atoms with Crippen molar-refractivity contribution in [2.45, 2.75) is 37.8 Å². The van der Waals surface area contributed by atoms with Crippen molar-refractivity contribution in [2.75, 3.05) is 19.7 Å². The summed E-state index contributed by atoms with van der Waals surface area (Å²) in [6, 6.07) is 2.99. The average molecular weight is 333 g/mol. The zero-order valence-electron chi connectivity index (χ0n) is 10.5. The molecular weight excluding hydrogens is 312 g/mol. The molecule has 1 aromatic heterocycles. The van der Waals surface area contributed by atoms with Crippen LogP contribution in [0.4, 0.5) is 0 Å². The summed E-state index contributed by atoms with van der Waals surface area (Å²) in [5.41, 5.74) is 5.98. The van der Waals surface area contributed by atoms with E-state index in [4.69, 9.17) is 5.73 Å². The van der Waals surface area contributed by atoms with E-state index in [1.54, 1.807) is 11.3 Å². The van der Waals surface area contributed by atoms with Crippen LogP contribution in [0.15, 0.2) is 15.9 Å². The first-order valence-corrected chi connectivity index (χ1v) is 8.24. The third-order valence-electron chi connectivity index (χ3n) is 3.69. The van der Waals surface area contributed by atoms with Crippen LogP contribution in [0.25, 0.3) is 0 Å². The minimum Gasteiger partial charge on any atom is -0.395 e. The van der Waals surface area contributed by atoms with Gasteiger partial charge in [-0.3, -0.25) is 4.90 Å². The van der Waals surface area contributed by atoms with Gasteiger partial charge in [0, 0.05) is 33.9 Å². The standard InChI is InChI=1S/C13H21BrN2OS/c14-10-7-13(18-9-10)12(8-15)16(5-6-17)11-3-1-2-4-11/h7,9,11-12,17H,1-6,8,15H2. The van der Waals surface area contributed by atoms with Crippen LogP contribution in [-0.4, -0.2) is 35.7 Å². The highest BCUT2D eigenvalue weighted by Crippen LogP contribution is 2.34. The molecule has 3 N–H and O–H groups in total. The summed E-state index contributed by atoms with van der Waals surface area (Å²) in [5.74, 6) is 0. The van der Waals surface area contributed by atoms with Crippen LogP contribution in [0, 0.1) is 0 Å². The largest absolute Gasteiger partial charge is 0.395 e. The van der Waals surface area contributed by atoms with Crippen molar-refractivity contribution in [3.8, 4) is 0 Å². The van der Waals surface area contributed by atoms with E-state index in [0.717, 1.165) is 11.0 Å². The summed E-state index contributed by atoms with van der Waals surface area (Å²) >= 11 is 5.25. The van der Waals surface area contributed by atoms with E-state index < -0.39 is 0 Å². The summed E-state index contributed by atoms with van der Waals surface area (Å²) in [7, 11) is 0. The summed E-state index contributed by atoms with van der Waals surface area (Å²) in [4.78, 5) is 3.70. The van der Waals surface area contributed by atoms with Crippen LogP contribution in [0.5, 0.6) is 0 Å². The SMILES string of the molecule is NCC(c1cc(Br)cs1)N(CCO)C1CCCC1. The molecule has 0 spiro atoms. The van der Waals surface area contributed by atoms with E-state index >= 15 is 0 Å². The number of aliphatic hydroxyl groups is 1. The molecule has 1 fully saturated rings. The lowest BCUT2D eigenvalue weighted by Crippen LogP contribution is -2.41. The third kappa shape index (κ3) is 3.33. The zero-order chi connectivity index (χ0) is 13.0. The summed E-state index contributed by atoms with van der Waals surface area (Å²) < 4.78 is 1.12. The Kier molecular flexibility index (Phi) is 5.63. The number of rotatable bonds is 6. The van der Waals surface area contributed by atoms with E-state index in [1.165, 1.54) is 30.6 Å². The van der Waals surface area contributed by atoms with Gasteiger partial charge in [0.15, 0.2) is 0 Å². The lowest BCUT2D eigenvalue weighted by molar-refractivity contribution is 0.109. The molecule has 1 aliphatic carbocycles. The minimum atomic E-state index is 0.208. The summed E-state index contributed by atoms with van der Waals surface area (Å²) in [6.45, 7) is 1.55. The molecule has 1 unspecified atom stereocenters. The van der Waals surface area contributed by atoms with E-state index in [2.05, 4.69) is 32.3 Å². The van der Waals surface area contributed by atoms with Crippen molar-refractivity contribution >= 4 is 27.3 Å². The van der Waals surface area contributed by atoms with Crippen molar-refractivity contribution in [1.29, 1.82) is 0 Å². The predicted octanol–water partition coefficient (Wildman–Crippen LogP) is 2.75. The van der Waals surface area contributed by atoms with Crippen LogP contribution in [0.3, 0.4) is 0 Å². The van der Waals surface area contributed by atoms with Crippen molar-refractivity contribution in [1.82, 2.24) is 4.90 Å². The molecule has 1 atom stereocenters. The van der Waals surface area contributed by atoms with Crippen LogP contribution in [0.1, 0.15) is 36.6 Å². The highest BCUT2D eigenvalue weighted by atomic mass is 79.9. The predicted molar refractivity (Wildman–Crippen MR) is 79.9 cm³/mol. The normalized spacial score (nSPS) is 18.7. The maximum absolute atomic E-state index is 9.31. The van der Waals surface area contributed by atoms with Gasteiger partial charge in [0.05, 0.1) is 12.6 Å². The molecule has 1 aliphatic rings. The number of hydrogen-bond acceptors (Lipinski definition) is 4. The number of nitrogens with zero attached hydrogens (tertiary/aromatic N) is 1. The van der Waals surface area contributed by atoms with Gasteiger partial charge in [-0.2, -0.15) is 0 Å². The minimum absolute atomic E-state index is 0.208. The van der Waals surface area contributed by atoms with Gasteiger partial charge in [0.25, 0.3) is 0 Å². The monoisotopic (exact) mass is 332 g/mol. The van der Waals surface area contributed by atoms with E-state index in [1.807, 2.05) is 0 Å². The van der Waals surface area contributed by atoms with Crippen molar-refractivity contribution < 1.29 is 5.11 Å². The number of halogens is 1. The first-order valence-electron chi connectivity index (χ1n) is 6.57. The van der Waals surface area contributed by atoms with E-state index in [-0.39, 0.29) is 12.6 Å². The number of aliphatic hydroxyl groups excluding tert-OH is 1.